The van der Waals surface area contributed by atoms with Crippen molar-refractivity contribution in [1.82, 2.24) is 9.80 Å². The maximum Gasteiger partial charge on any atom is 0.417 e. The van der Waals surface area contributed by atoms with Gasteiger partial charge in [-0.1, -0.05) is 108 Å². The maximum atomic E-state index is 14.4. The van der Waals surface area contributed by atoms with Crippen molar-refractivity contribution < 1.29 is 28.3 Å². The molecule has 0 N–H and O–H groups in total. The van der Waals surface area contributed by atoms with Gasteiger partial charge in [0.1, 0.15) is 6.61 Å². The van der Waals surface area contributed by atoms with Gasteiger partial charge in [-0.15, -0.1) is 0 Å². The summed E-state index contributed by atoms with van der Waals surface area (Å²) in [7, 11) is -2.09. The molecular weight excluding hydrogens is 597 g/mol. The number of benzene rings is 3. The Balaban J connectivity index is 1.44. The second-order valence-corrected chi connectivity index (χ2v) is 18.8. The number of cyclic esters (lactones) is 1. The molecule has 4 amide bonds. The van der Waals surface area contributed by atoms with E-state index in [1.165, 1.54) is 4.90 Å². The van der Waals surface area contributed by atoms with E-state index in [4.69, 9.17) is 9.16 Å². The molecule has 0 aliphatic carbocycles. The van der Waals surface area contributed by atoms with Crippen molar-refractivity contribution in [1.29, 1.82) is 0 Å². The SMILES string of the molecule is CC(C)[Si](OCc1ccc(C(CN2C(=O)c3ccccc3C2=O)C(=O)N2C(=O)OCC2Cc2ccccc2)cc1)(C(C)C)C(C)C. The van der Waals surface area contributed by atoms with Crippen LogP contribution in [0.2, 0.25) is 16.6 Å². The van der Waals surface area contributed by atoms with Crippen LogP contribution in [0.1, 0.15) is 84.9 Å². The average molecular weight is 641 g/mol. The zero-order valence-electron chi connectivity index (χ0n) is 27.6. The lowest BCUT2D eigenvalue weighted by atomic mass is 9.94. The van der Waals surface area contributed by atoms with E-state index < -0.39 is 44.1 Å². The molecule has 0 radical (unpaired) electrons. The summed E-state index contributed by atoms with van der Waals surface area (Å²) in [6.45, 7) is 13.8. The Kier molecular flexibility index (Phi) is 9.93. The molecule has 0 bridgehead atoms. The number of amides is 4. The molecule has 2 atom stereocenters. The second kappa shape index (κ2) is 13.7. The summed E-state index contributed by atoms with van der Waals surface area (Å²) in [5.41, 5.74) is 4.48. The highest BCUT2D eigenvalue weighted by atomic mass is 28.4. The highest BCUT2D eigenvalue weighted by molar-refractivity contribution is 6.77. The van der Waals surface area contributed by atoms with Gasteiger partial charge in [0.2, 0.25) is 14.2 Å². The third-order valence-electron chi connectivity index (χ3n) is 9.63. The Hall–Kier alpha value is -4.08. The molecule has 1 fully saturated rings. The minimum absolute atomic E-state index is 0.0721. The molecule has 3 aromatic carbocycles. The van der Waals surface area contributed by atoms with Crippen molar-refractivity contribution in [3.63, 3.8) is 0 Å². The van der Waals surface area contributed by atoms with Crippen LogP contribution in [0.3, 0.4) is 0 Å². The Labute approximate surface area is 272 Å². The van der Waals surface area contributed by atoms with E-state index >= 15 is 0 Å². The van der Waals surface area contributed by atoms with Crippen molar-refractivity contribution in [2.75, 3.05) is 13.2 Å². The van der Waals surface area contributed by atoms with Gasteiger partial charge >= 0.3 is 6.09 Å². The molecule has 0 aromatic heterocycles. The molecule has 0 saturated carbocycles. The summed E-state index contributed by atoms with van der Waals surface area (Å²) in [6.07, 6.45) is -0.290. The van der Waals surface area contributed by atoms with Gasteiger partial charge in [-0.3, -0.25) is 19.3 Å². The van der Waals surface area contributed by atoms with Gasteiger partial charge in [0.25, 0.3) is 11.8 Å². The quantitative estimate of drug-likeness (QED) is 0.152. The first-order valence-corrected chi connectivity index (χ1v) is 18.3. The van der Waals surface area contributed by atoms with Gasteiger partial charge in [0.15, 0.2) is 0 Å². The van der Waals surface area contributed by atoms with Crippen molar-refractivity contribution in [2.45, 2.75) is 83.2 Å². The normalized spacial score (nSPS) is 17.3. The Morgan fingerprint density at radius 3 is 1.87 bits per heavy atom. The van der Waals surface area contributed by atoms with E-state index in [-0.39, 0.29) is 13.2 Å². The van der Waals surface area contributed by atoms with Crippen molar-refractivity contribution in [3.05, 3.63) is 107 Å². The van der Waals surface area contributed by atoms with Crippen LogP contribution in [-0.4, -0.2) is 61.1 Å². The van der Waals surface area contributed by atoms with E-state index in [9.17, 15) is 19.2 Å². The number of imide groups is 2. The third-order valence-corrected chi connectivity index (χ3v) is 15.7. The Morgan fingerprint density at radius 2 is 1.33 bits per heavy atom. The van der Waals surface area contributed by atoms with E-state index in [2.05, 4.69) is 41.5 Å². The van der Waals surface area contributed by atoms with Crippen LogP contribution in [0.4, 0.5) is 4.79 Å². The highest BCUT2D eigenvalue weighted by Crippen LogP contribution is 2.43. The first-order valence-electron chi connectivity index (χ1n) is 16.2. The number of ether oxygens (including phenoxy) is 1. The van der Waals surface area contributed by atoms with Gasteiger partial charge in [0.05, 0.1) is 29.7 Å². The fourth-order valence-corrected chi connectivity index (χ4v) is 12.8. The van der Waals surface area contributed by atoms with E-state index in [1.807, 2.05) is 54.6 Å². The molecular formula is C37H44N2O6Si. The molecule has 242 valence electrons. The first-order chi connectivity index (χ1) is 22.0. The molecule has 2 aliphatic heterocycles. The fraction of sp³-hybridized carbons (Fsp3) is 0.405. The number of carbonyl (C=O) groups is 4. The van der Waals surface area contributed by atoms with Gasteiger partial charge in [-0.25, -0.2) is 9.69 Å². The van der Waals surface area contributed by atoms with E-state index in [0.29, 0.717) is 46.3 Å². The van der Waals surface area contributed by atoms with Gasteiger partial charge in [-0.05, 0) is 51.9 Å². The molecule has 0 spiro atoms. The molecule has 3 aromatic rings. The molecule has 2 unspecified atom stereocenters. The topological polar surface area (TPSA) is 93.2 Å². The van der Waals surface area contributed by atoms with Crippen molar-refractivity contribution in [3.8, 4) is 0 Å². The predicted octanol–water partition coefficient (Wildman–Crippen LogP) is 7.35. The van der Waals surface area contributed by atoms with Crippen LogP contribution in [0.25, 0.3) is 0 Å². The summed E-state index contributed by atoms with van der Waals surface area (Å²) in [5, 5.41) is 0. The second-order valence-electron chi connectivity index (χ2n) is 13.3. The number of nitrogens with zero attached hydrogens (tertiary/aromatic N) is 2. The summed E-state index contributed by atoms with van der Waals surface area (Å²) in [4.78, 5) is 56.4. The standard InChI is InChI=1S/C37H44N2O6Si/c1-24(2)46(25(3)4,26(5)6)45-22-28-16-18-29(19-17-28)33(21-38-34(40)31-14-10-11-15-32(31)35(38)41)36(42)39-30(23-44-37(39)43)20-27-12-8-7-9-13-27/h7-19,24-26,30,33H,20-23H2,1-6H3. The molecule has 9 heteroatoms. The van der Waals surface area contributed by atoms with Crippen LogP contribution in [0.5, 0.6) is 0 Å². The number of hydrogen-bond acceptors (Lipinski definition) is 6. The summed E-state index contributed by atoms with van der Waals surface area (Å²) in [6, 6.07) is 23.3. The summed E-state index contributed by atoms with van der Waals surface area (Å²) < 4.78 is 12.2. The lowest BCUT2D eigenvalue weighted by molar-refractivity contribution is -0.130. The largest absolute Gasteiger partial charge is 0.447 e. The maximum absolute atomic E-state index is 14.4. The van der Waals surface area contributed by atoms with Crippen LogP contribution in [0, 0.1) is 0 Å². The highest BCUT2D eigenvalue weighted by Gasteiger charge is 2.46. The van der Waals surface area contributed by atoms with Crippen molar-refractivity contribution in [2.24, 2.45) is 0 Å². The summed E-state index contributed by atoms with van der Waals surface area (Å²) >= 11 is 0. The molecule has 46 heavy (non-hydrogen) atoms. The Bertz CT molecular complexity index is 1530. The van der Waals surface area contributed by atoms with Gasteiger partial charge in [0, 0.05) is 6.54 Å². The predicted molar refractivity (Wildman–Crippen MR) is 179 cm³/mol. The zero-order chi connectivity index (χ0) is 33.2. The van der Waals surface area contributed by atoms with Crippen LogP contribution in [0.15, 0.2) is 78.9 Å². The van der Waals surface area contributed by atoms with Crippen LogP contribution < -0.4 is 0 Å². The molecule has 2 heterocycles. The van der Waals surface area contributed by atoms with Gasteiger partial charge in [-0.2, -0.15) is 0 Å². The third kappa shape index (κ3) is 6.31. The minimum atomic E-state index is -2.09. The summed E-state index contributed by atoms with van der Waals surface area (Å²) in [5.74, 6) is -2.39. The lowest BCUT2D eigenvalue weighted by Gasteiger charge is -2.42. The number of rotatable bonds is 12. The van der Waals surface area contributed by atoms with Gasteiger partial charge < -0.3 is 9.16 Å². The first kappa shape index (κ1) is 33.3. The molecule has 5 rings (SSSR count). The number of hydrogen-bond donors (Lipinski definition) is 0. The number of carbonyl (C=O) groups excluding carboxylic acids is 4. The Morgan fingerprint density at radius 1 is 0.783 bits per heavy atom. The molecule has 2 aliphatic rings. The van der Waals surface area contributed by atoms with Crippen LogP contribution in [-0.2, 0) is 27.0 Å². The molecule has 8 nitrogen and oxygen atoms in total. The average Bonchev–Trinajstić information content (AvgIpc) is 3.51. The lowest BCUT2D eigenvalue weighted by Crippen LogP contribution is -2.47. The van der Waals surface area contributed by atoms with Crippen LogP contribution >= 0.6 is 0 Å². The van der Waals surface area contributed by atoms with E-state index in [1.54, 1.807) is 24.3 Å². The zero-order valence-corrected chi connectivity index (χ0v) is 28.6. The monoisotopic (exact) mass is 640 g/mol. The fourth-order valence-electron chi connectivity index (χ4n) is 7.40. The number of fused-ring (bicyclic) bond motifs is 1. The van der Waals surface area contributed by atoms with E-state index in [0.717, 1.165) is 16.0 Å². The van der Waals surface area contributed by atoms with Crippen molar-refractivity contribution >= 4 is 32.1 Å². The molecule has 1 saturated heterocycles. The minimum Gasteiger partial charge on any atom is -0.447 e. The smallest absolute Gasteiger partial charge is 0.417 e.